The van der Waals surface area contributed by atoms with E-state index in [0.29, 0.717) is 12.1 Å². The number of likely N-dealkylation sites (tertiary alicyclic amines) is 1. The predicted molar refractivity (Wildman–Crippen MR) is 82.1 cm³/mol. The van der Waals surface area contributed by atoms with Crippen molar-refractivity contribution in [2.45, 2.75) is 58.7 Å². The van der Waals surface area contributed by atoms with E-state index in [0.717, 1.165) is 5.92 Å². The number of nitrogens with zero attached hydrogens (tertiary/aromatic N) is 1. The van der Waals surface area contributed by atoms with Crippen LogP contribution in [0.5, 0.6) is 0 Å². The lowest BCUT2D eigenvalue weighted by atomic mass is 9.96. The second kappa shape index (κ2) is 6.06. The summed E-state index contributed by atoms with van der Waals surface area (Å²) >= 11 is 0. The summed E-state index contributed by atoms with van der Waals surface area (Å²) in [6.07, 6.45) is 2.64. The highest BCUT2D eigenvalue weighted by Crippen LogP contribution is 2.30. The molecule has 1 aliphatic rings. The molecule has 0 bridgehead atoms. The molecule has 0 aliphatic carbocycles. The van der Waals surface area contributed by atoms with Gasteiger partial charge in [0.2, 0.25) is 0 Å². The van der Waals surface area contributed by atoms with Crippen LogP contribution in [0.3, 0.4) is 0 Å². The van der Waals surface area contributed by atoms with Gasteiger partial charge < -0.3 is 5.73 Å². The maximum absolute atomic E-state index is 6.49. The van der Waals surface area contributed by atoms with Crippen molar-refractivity contribution in [3.05, 3.63) is 35.4 Å². The van der Waals surface area contributed by atoms with Crippen LogP contribution in [-0.2, 0) is 0 Å². The molecule has 2 N–H and O–H groups in total. The van der Waals surface area contributed by atoms with Crippen molar-refractivity contribution in [2.24, 2.45) is 11.7 Å². The van der Waals surface area contributed by atoms with Crippen molar-refractivity contribution in [1.29, 1.82) is 0 Å². The Morgan fingerprint density at radius 1 is 1.16 bits per heavy atom. The van der Waals surface area contributed by atoms with Gasteiger partial charge in [0.15, 0.2) is 0 Å². The summed E-state index contributed by atoms with van der Waals surface area (Å²) in [7, 11) is 0. The highest BCUT2D eigenvalue weighted by molar-refractivity contribution is 5.25. The second-order valence-electron chi connectivity index (χ2n) is 6.37. The molecule has 0 amide bonds. The zero-order valence-electron chi connectivity index (χ0n) is 12.8. The SMILES string of the molecule is Cc1ccc(C(N)C(C)N2CCCC2C(C)C)cc1. The van der Waals surface area contributed by atoms with Crippen LogP contribution in [0.2, 0.25) is 0 Å². The number of benzene rings is 1. The average molecular weight is 260 g/mol. The van der Waals surface area contributed by atoms with Crippen molar-refractivity contribution in [1.82, 2.24) is 4.90 Å². The topological polar surface area (TPSA) is 29.3 Å². The van der Waals surface area contributed by atoms with Crippen LogP contribution in [0.15, 0.2) is 24.3 Å². The molecule has 1 aromatic carbocycles. The van der Waals surface area contributed by atoms with Gasteiger partial charge in [-0.15, -0.1) is 0 Å². The molecule has 19 heavy (non-hydrogen) atoms. The van der Waals surface area contributed by atoms with E-state index in [9.17, 15) is 0 Å². The predicted octanol–water partition coefficient (Wildman–Crippen LogP) is 3.50. The molecule has 1 heterocycles. The molecule has 0 saturated carbocycles. The van der Waals surface area contributed by atoms with E-state index in [1.807, 2.05) is 0 Å². The van der Waals surface area contributed by atoms with E-state index in [2.05, 4.69) is 56.9 Å². The quantitative estimate of drug-likeness (QED) is 0.897. The van der Waals surface area contributed by atoms with Gasteiger partial charge in [0.05, 0.1) is 0 Å². The average Bonchev–Trinajstić information content (AvgIpc) is 2.87. The number of aryl methyl sites for hydroxylation is 1. The standard InChI is InChI=1S/C17H28N2/c1-12(2)16-6-5-11-19(16)14(4)17(18)15-9-7-13(3)8-10-15/h7-10,12,14,16-17H,5-6,11,18H2,1-4H3. The van der Waals surface area contributed by atoms with E-state index in [-0.39, 0.29) is 6.04 Å². The molecule has 0 aromatic heterocycles. The molecule has 3 atom stereocenters. The second-order valence-corrected chi connectivity index (χ2v) is 6.37. The van der Waals surface area contributed by atoms with Crippen molar-refractivity contribution in [2.75, 3.05) is 6.54 Å². The van der Waals surface area contributed by atoms with Crippen LogP contribution < -0.4 is 5.73 Å². The zero-order chi connectivity index (χ0) is 14.0. The van der Waals surface area contributed by atoms with Gasteiger partial charge >= 0.3 is 0 Å². The number of hydrogen-bond acceptors (Lipinski definition) is 2. The van der Waals surface area contributed by atoms with Gasteiger partial charge in [-0.05, 0) is 44.7 Å². The van der Waals surface area contributed by atoms with Crippen molar-refractivity contribution in [3.63, 3.8) is 0 Å². The van der Waals surface area contributed by atoms with E-state index in [1.165, 1.54) is 30.5 Å². The Morgan fingerprint density at radius 2 is 1.79 bits per heavy atom. The van der Waals surface area contributed by atoms with Gasteiger partial charge in [-0.2, -0.15) is 0 Å². The lowest BCUT2D eigenvalue weighted by molar-refractivity contribution is 0.137. The largest absolute Gasteiger partial charge is 0.323 e. The van der Waals surface area contributed by atoms with Gasteiger partial charge in [0.1, 0.15) is 0 Å². The summed E-state index contributed by atoms with van der Waals surface area (Å²) in [6.45, 7) is 10.3. The van der Waals surface area contributed by atoms with E-state index in [4.69, 9.17) is 5.73 Å². The normalized spacial score (nSPS) is 23.8. The molecule has 0 spiro atoms. The first-order valence-corrected chi connectivity index (χ1v) is 7.58. The molecule has 106 valence electrons. The molecular weight excluding hydrogens is 232 g/mol. The minimum atomic E-state index is 0.111. The highest BCUT2D eigenvalue weighted by atomic mass is 15.2. The van der Waals surface area contributed by atoms with E-state index >= 15 is 0 Å². The summed E-state index contributed by atoms with van der Waals surface area (Å²) < 4.78 is 0. The maximum atomic E-state index is 6.49. The Kier molecular flexibility index (Phi) is 4.64. The number of rotatable bonds is 4. The van der Waals surface area contributed by atoms with Crippen molar-refractivity contribution in [3.8, 4) is 0 Å². The van der Waals surface area contributed by atoms with Crippen LogP contribution >= 0.6 is 0 Å². The fraction of sp³-hybridized carbons (Fsp3) is 0.647. The third-order valence-corrected chi connectivity index (χ3v) is 4.62. The molecule has 0 radical (unpaired) electrons. The number of nitrogens with two attached hydrogens (primary N) is 1. The first-order chi connectivity index (χ1) is 9.00. The summed E-state index contributed by atoms with van der Waals surface area (Å²) in [5.74, 6) is 0.718. The van der Waals surface area contributed by atoms with Crippen LogP contribution in [0.25, 0.3) is 0 Å². The van der Waals surface area contributed by atoms with Crippen LogP contribution in [0.1, 0.15) is 50.8 Å². The molecule has 1 aromatic rings. The fourth-order valence-electron chi connectivity index (χ4n) is 3.31. The molecule has 1 fully saturated rings. The van der Waals surface area contributed by atoms with Crippen molar-refractivity contribution >= 4 is 0 Å². The molecule has 2 nitrogen and oxygen atoms in total. The Morgan fingerprint density at radius 3 is 2.37 bits per heavy atom. The minimum Gasteiger partial charge on any atom is -0.323 e. The molecule has 3 unspecified atom stereocenters. The van der Waals surface area contributed by atoms with E-state index < -0.39 is 0 Å². The van der Waals surface area contributed by atoms with Gasteiger partial charge in [-0.3, -0.25) is 4.90 Å². The van der Waals surface area contributed by atoms with Gasteiger partial charge in [-0.1, -0.05) is 43.7 Å². The van der Waals surface area contributed by atoms with Crippen LogP contribution in [-0.4, -0.2) is 23.5 Å². The van der Waals surface area contributed by atoms with Crippen LogP contribution in [0.4, 0.5) is 0 Å². The van der Waals surface area contributed by atoms with Crippen LogP contribution in [0, 0.1) is 12.8 Å². The Balaban J connectivity index is 2.10. The molecule has 2 heteroatoms. The molecule has 2 rings (SSSR count). The van der Waals surface area contributed by atoms with Crippen molar-refractivity contribution < 1.29 is 0 Å². The Hall–Kier alpha value is -0.860. The van der Waals surface area contributed by atoms with Gasteiger partial charge in [0.25, 0.3) is 0 Å². The molecular formula is C17H28N2. The van der Waals surface area contributed by atoms with E-state index in [1.54, 1.807) is 0 Å². The minimum absolute atomic E-state index is 0.111. The lowest BCUT2D eigenvalue weighted by Crippen LogP contribution is -2.45. The Bertz CT molecular complexity index is 396. The maximum Gasteiger partial charge on any atom is 0.0450 e. The molecule has 1 saturated heterocycles. The molecule has 1 aliphatic heterocycles. The van der Waals surface area contributed by atoms with Gasteiger partial charge in [-0.25, -0.2) is 0 Å². The summed E-state index contributed by atoms with van der Waals surface area (Å²) in [5, 5.41) is 0. The smallest absolute Gasteiger partial charge is 0.0450 e. The fourth-order valence-corrected chi connectivity index (χ4v) is 3.31. The number of hydrogen-bond donors (Lipinski definition) is 1. The third-order valence-electron chi connectivity index (χ3n) is 4.62. The Labute approximate surface area is 118 Å². The zero-order valence-corrected chi connectivity index (χ0v) is 12.8. The first-order valence-electron chi connectivity index (χ1n) is 7.58. The third kappa shape index (κ3) is 3.18. The summed E-state index contributed by atoms with van der Waals surface area (Å²) in [4.78, 5) is 2.62. The monoisotopic (exact) mass is 260 g/mol. The highest BCUT2D eigenvalue weighted by Gasteiger charge is 2.33. The lowest BCUT2D eigenvalue weighted by Gasteiger charge is -2.36. The summed E-state index contributed by atoms with van der Waals surface area (Å²) in [6, 6.07) is 9.90. The first kappa shape index (κ1) is 14.5. The van der Waals surface area contributed by atoms with Gasteiger partial charge in [0, 0.05) is 18.1 Å². The summed E-state index contributed by atoms with van der Waals surface area (Å²) in [5.41, 5.74) is 9.04.